The van der Waals surface area contributed by atoms with Crippen molar-refractivity contribution < 1.29 is 4.79 Å². The fraction of sp³-hybridized carbons (Fsp3) is 0.900. The summed E-state index contributed by atoms with van der Waals surface area (Å²) in [5.74, 6) is 0.534. The first-order valence-electron chi connectivity index (χ1n) is 5.36. The predicted octanol–water partition coefficient (Wildman–Crippen LogP) is -0.502. The predicted molar refractivity (Wildman–Crippen MR) is 54.8 cm³/mol. The molecule has 14 heavy (non-hydrogen) atoms. The van der Waals surface area contributed by atoms with E-state index in [0.717, 1.165) is 19.0 Å². The van der Waals surface area contributed by atoms with Gasteiger partial charge in [-0.05, 0) is 25.8 Å². The SMILES string of the molecule is CN1CC2CCC1CN(CC(N)=O)C2. The number of hydrogen-bond acceptors (Lipinski definition) is 3. The largest absolute Gasteiger partial charge is 0.369 e. The molecule has 0 radical (unpaired) electrons. The molecule has 2 bridgehead atoms. The van der Waals surface area contributed by atoms with Crippen LogP contribution in [0.15, 0.2) is 0 Å². The van der Waals surface area contributed by atoms with E-state index in [2.05, 4.69) is 16.8 Å². The molecule has 2 N–H and O–H groups in total. The minimum absolute atomic E-state index is 0.200. The maximum Gasteiger partial charge on any atom is 0.231 e. The second kappa shape index (κ2) is 3.87. The Balaban J connectivity index is 2.00. The number of carbonyl (C=O) groups excluding carboxylic acids is 1. The Labute approximate surface area is 85.0 Å². The molecule has 3 rings (SSSR count). The Morgan fingerprint density at radius 1 is 1.36 bits per heavy atom. The Kier molecular flexibility index (Phi) is 2.74. The first kappa shape index (κ1) is 9.93. The second-order valence-corrected chi connectivity index (χ2v) is 4.70. The summed E-state index contributed by atoms with van der Waals surface area (Å²) >= 11 is 0. The van der Waals surface area contributed by atoms with Gasteiger partial charge in [0.2, 0.25) is 5.91 Å². The summed E-state index contributed by atoms with van der Waals surface area (Å²) in [6.45, 7) is 3.67. The van der Waals surface area contributed by atoms with Crippen LogP contribution >= 0.6 is 0 Å². The fourth-order valence-corrected chi connectivity index (χ4v) is 2.76. The van der Waals surface area contributed by atoms with Crippen LogP contribution in [-0.2, 0) is 4.79 Å². The van der Waals surface area contributed by atoms with Crippen molar-refractivity contribution >= 4 is 5.91 Å². The van der Waals surface area contributed by atoms with E-state index in [9.17, 15) is 4.79 Å². The zero-order valence-electron chi connectivity index (χ0n) is 8.78. The van der Waals surface area contributed by atoms with E-state index in [-0.39, 0.29) is 5.91 Å². The molecule has 0 aromatic carbocycles. The number of primary amides is 1. The van der Waals surface area contributed by atoms with Gasteiger partial charge in [-0.25, -0.2) is 0 Å². The third-order valence-corrected chi connectivity index (χ3v) is 3.44. The summed E-state index contributed by atoms with van der Waals surface area (Å²) in [6, 6.07) is 0.632. The molecule has 2 atom stereocenters. The molecule has 0 aromatic heterocycles. The quantitative estimate of drug-likeness (QED) is 0.649. The van der Waals surface area contributed by atoms with Crippen molar-refractivity contribution in [1.82, 2.24) is 9.80 Å². The van der Waals surface area contributed by atoms with Crippen LogP contribution in [0.1, 0.15) is 12.8 Å². The van der Waals surface area contributed by atoms with Gasteiger partial charge in [0.05, 0.1) is 6.54 Å². The molecule has 4 nitrogen and oxygen atoms in total. The highest BCUT2D eigenvalue weighted by molar-refractivity contribution is 5.75. The van der Waals surface area contributed by atoms with Gasteiger partial charge in [-0.15, -0.1) is 0 Å². The molecule has 2 unspecified atom stereocenters. The number of amides is 1. The van der Waals surface area contributed by atoms with E-state index >= 15 is 0 Å². The van der Waals surface area contributed by atoms with E-state index in [4.69, 9.17) is 5.73 Å². The summed E-state index contributed by atoms with van der Waals surface area (Å²) in [5.41, 5.74) is 5.23. The molecular formula is C10H19N3O. The Morgan fingerprint density at radius 3 is 2.79 bits per heavy atom. The van der Waals surface area contributed by atoms with Crippen LogP contribution in [0.2, 0.25) is 0 Å². The number of fused-ring (bicyclic) bond motifs is 4. The smallest absolute Gasteiger partial charge is 0.231 e. The topological polar surface area (TPSA) is 49.6 Å². The average Bonchev–Trinajstić information content (AvgIpc) is 2.32. The van der Waals surface area contributed by atoms with Crippen LogP contribution in [-0.4, -0.2) is 55.0 Å². The molecule has 0 aromatic rings. The van der Waals surface area contributed by atoms with Crippen molar-refractivity contribution in [1.29, 1.82) is 0 Å². The van der Waals surface area contributed by atoms with Crippen LogP contribution in [0.25, 0.3) is 0 Å². The van der Waals surface area contributed by atoms with Crippen LogP contribution < -0.4 is 5.73 Å². The Morgan fingerprint density at radius 2 is 2.14 bits per heavy atom. The third kappa shape index (κ3) is 2.07. The highest BCUT2D eigenvalue weighted by Gasteiger charge is 2.32. The number of nitrogens with two attached hydrogens (primary N) is 1. The van der Waals surface area contributed by atoms with Gasteiger partial charge in [-0.3, -0.25) is 9.69 Å². The van der Waals surface area contributed by atoms with E-state index in [1.807, 2.05) is 0 Å². The minimum Gasteiger partial charge on any atom is -0.369 e. The van der Waals surface area contributed by atoms with Crippen molar-refractivity contribution in [3.8, 4) is 0 Å². The van der Waals surface area contributed by atoms with Gasteiger partial charge in [-0.2, -0.15) is 0 Å². The summed E-state index contributed by atoms with van der Waals surface area (Å²) in [6.07, 6.45) is 2.58. The number of carbonyl (C=O) groups is 1. The number of hydrogen-bond donors (Lipinski definition) is 1. The summed E-state index contributed by atoms with van der Waals surface area (Å²) < 4.78 is 0. The zero-order valence-corrected chi connectivity index (χ0v) is 8.78. The summed E-state index contributed by atoms with van der Waals surface area (Å²) in [4.78, 5) is 15.5. The second-order valence-electron chi connectivity index (χ2n) is 4.70. The standard InChI is InChI=1S/C10H19N3O/c1-12-4-8-2-3-9(12)6-13(5-8)7-10(11)14/h8-9H,2-7H2,1H3,(H2,11,14). The normalized spacial score (nSPS) is 34.4. The molecule has 3 aliphatic rings. The van der Waals surface area contributed by atoms with Crippen molar-refractivity contribution in [2.75, 3.05) is 33.2 Å². The number of piperidine rings is 1. The van der Waals surface area contributed by atoms with Gasteiger partial charge in [0.15, 0.2) is 0 Å². The van der Waals surface area contributed by atoms with Gasteiger partial charge in [0, 0.05) is 25.7 Å². The number of likely N-dealkylation sites (N-methyl/N-ethyl adjacent to an activating group) is 1. The first-order valence-corrected chi connectivity index (χ1v) is 5.36. The lowest BCUT2D eigenvalue weighted by Gasteiger charge is -2.32. The van der Waals surface area contributed by atoms with E-state index < -0.39 is 0 Å². The van der Waals surface area contributed by atoms with Crippen LogP contribution in [0.4, 0.5) is 0 Å². The summed E-state index contributed by atoms with van der Waals surface area (Å²) in [7, 11) is 2.19. The van der Waals surface area contributed by atoms with Crippen LogP contribution in [0.5, 0.6) is 0 Å². The average molecular weight is 197 g/mol. The monoisotopic (exact) mass is 197 g/mol. The molecular weight excluding hydrogens is 178 g/mol. The lowest BCUT2D eigenvalue weighted by atomic mass is 9.96. The highest BCUT2D eigenvalue weighted by Crippen LogP contribution is 2.26. The minimum atomic E-state index is -0.200. The van der Waals surface area contributed by atoms with Gasteiger partial charge in [-0.1, -0.05) is 0 Å². The summed E-state index contributed by atoms with van der Waals surface area (Å²) in [5, 5.41) is 0. The zero-order chi connectivity index (χ0) is 10.1. The molecule has 3 aliphatic heterocycles. The van der Waals surface area contributed by atoms with E-state index in [1.54, 1.807) is 0 Å². The first-order chi connectivity index (χ1) is 6.65. The van der Waals surface area contributed by atoms with E-state index in [0.29, 0.717) is 12.6 Å². The fourth-order valence-electron chi connectivity index (χ4n) is 2.76. The van der Waals surface area contributed by atoms with Crippen molar-refractivity contribution in [2.24, 2.45) is 11.7 Å². The number of rotatable bonds is 2. The lowest BCUT2D eigenvalue weighted by molar-refractivity contribution is -0.119. The Hall–Kier alpha value is -0.610. The van der Waals surface area contributed by atoms with Gasteiger partial charge in [0.25, 0.3) is 0 Å². The maximum absolute atomic E-state index is 10.9. The van der Waals surface area contributed by atoms with Gasteiger partial charge < -0.3 is 10.6 Å². The van der Waals surface area contributed by atoms with E-state index in [1.165, 1.54) is 19.4 Å². The molecule has 0 spiro atoms. The lowest BCUT2D eigenvalue weighted by Crippen LogP contribution is -2.42. The molecule has 0 aliphatic carbocycles. The molecule has 3 heterocycles. The number of nitrogens with zero attached hydrogens (tertiary/aromatic N) is 2. The third-order valence-electron chi connectivity index (χ3n) is 3.44. The van der Waals surface area contributed by atoms with Crippen molar-refractivity contribution in [3.63, 3.8) is 0 Å². The molecule has 80 valence electrons. The van der Waals surface area contributed by atoms with Gasteiger partial charge in [0.1, 0.15) is 0 Å². The van der Waals surface area contributed by atoms with Gasteiger partial charge >= 0.3 is 0 Å². The van der Waals surface area contributed by atoms with Crippen LogP contribution in [0.3, 0.4) is 0 Å². The molecule has 0 saturated carbocycles. The molecule has 3 fully saturated rings. The van der Waals surface area contributed by atoms with Crippen molar-refractivity contribution in [3.05, 3.63) is 0 Å². The Bertz CT molecular complexity index is 231. The molecule has 1 amide bonds. The van der Waals surface area contributed by atoms with Crippen LogP contribution in [0, 0.1) is 5.92 Å². The molecule has 3 saturated heterocycles. The maximum atomic E-state index is 10.9. The molecule has 4 heteroatoms. The highest BCUT2D eigenvalue weighted by atomic mass is 16.1. The van der Waals surface area contributed by atoms with Crippen molar-refractivity contribution in [2.45, 2.75) is 18.9 Å².